The quantitative estimate of drug-likeness (QED) is 0.477. The molecule has 112 valence electrons. The molecule has 1 rings (SSSR count). The summed E-state index contributed by atoms with van der Waals surface area (Å²) in [6.07, 6.45) is 0.937. The van der Waals surface area contributed by atoms with Crippen LogP contribution in [0.4, 0.5) is 0 Å². The molecule has 0 aliphatic carbocycles. The largest absolute Gasteiger partial charge is 0.493 e. The highest BCUT2D eigenvalue weighted by atomic mass is 16.5. The van der Waals surface area contributed by atoms with Crippen molar-refractivity contribution >= 4 is 5.96 Å². The van der Waals surface area contributed by atoms with E-state index in [9.17, 15) is 0 Å². The molecule has 1 aromatic carbocycles. The van der Waals surface area contributed by atoms with Crippen LogP contribution in [0.1, 0.15) is 31.4 Å². The van der Waals surface area contributed by atoms with Crippen LogP contribution in [0.15, 0.2) is 23.2 Å². The summed E-state index contributed by atoms with van der Waals surface area (Å²) in [4.78, 5) is 4.17. The second-order valence-corrected chi connectivity index (χ2v) is 5.22. The summed E-state index contributed by atoms with van der Waals surface area (Å²) in [5.74, 6) is 1.85. The predicted molar refractivity (Wildman–Crippen MR) is 85.7 cm³/mol. The third kappa shape index (κ3) is 5.51. The van der Waals surface area contributed by atoms with Gasteiger partial charge >= 0.3 is 0 Å². The molecule has 20 heavy (non-hydrogen) atoms. The Kier molecular flexibility index (Phi) is 6.91. The molecule has 0 unspecified atom stereocenters. The second-order valence-electron chi connectivity index (χ2n) is 5.22. The standard InChI is InChI=1S/C16H27N3O/c1-12(2)19-16(17-5)18-10-7-11-20-15-13(3)8-6-9-14(15)4/h6,8-9,12H,7,10-11H2,1-5H3,(H2,17,18,19). The van der Waals surface area contributed by atoms with Crippen LogP contribution >= 0.6 is 0 Å². The van der Waals surface area contributed by atoms with Crippen LogP contribution in [-0.2, 0) is 0 Å². The average molecular weight is 277 g/mol. The summed E-state index contributed by atoms with van der Waals surface area (Å²) >= 11 is 0. The molecule has 4 nitrogen and oxygen atoms in total. The van der Waals surface area contributed by atoms with Crippen LogP contribution < -0.4 is 15.4 Å². The number of ether oxygens (including phenoxy) is 1. The van der Waals surface area contributed by atoms with Crippen LogP contribution in [0.2, 0.25) is 0 Å². The number of hydrogen-bond donors (Lipinski definition) is 2. The first-order chi connectivity index (χ1) is 9.54. The van der Waals surface area contributed by atoms with Crippen molar-refractivity contribution in [2.75, 3.05) is 20.2 Å². The maximum Gasteiger partial charge on any atom is 0.191 e. The zero-order chi connectivity index (χ0) is 15.0. The summed E-state index contributed by atoms with van der Waals surface area (Å²) in [7, 11) is 1.78. The zero-order valence-electron chi connectivity index (χ0n) is 13.3. The molecule has 4 heteroatoms. The average Bonchev–Trinajstić information content (AvgIpc) is 2.39. The number of rotatable bonds is 6. The Balaban J connectivity index is 2.29. The number of benzene rings is 1. The van der Waals surface area contributed by atoms with Gasteiger partial charge in [0.15, 0.2) is 5.96 Å². The first-order valence-electron chi connectivity index (χ1n) is 7.20. The summed E-state index contributed by atoms with van der Waals surface area (Å²) in [5.41, 5.74) is 2.38. The lowest BCUT2D eigenvalue weighted by molar-refractivity contribution is 0.307. The molecule has 0 saturated carbocycles. The minimum atomic E-state index is 0.382. The smallest absolute Gasteiger partial charge is 0.191 e. The fraction of sp³-hybridized carbons (Fsp3) is 0.562. The number of nitrogens with zero attached hydrogens (tertiary/aromatic N) is 1. The number of para-hydroxylation sites is 1. The van der Waals surface area contributed by atoms with Gasteiger partial charge in [0, 0.05) is 19.6 Å². The first kappa shape index (κ1) is 16.3. The lowest BCUT2D eigenvalue weighted by atomic mass is 10.1. The molecular weight excluding hydrogens is 250 g/mol. The Hall–Kier alpha value is -1.71. The van der Waals surface area contributed by atoms with Gasteiger partial charge in [-0.05, 0) is 45.2 Å². The molecule has 0 atom stereocenters. The van der Waals surface area contributed by atoms with Gasteiger partial charge in [-0.3, -0.25) is 4.99 Å². The maximum absolute atomic E-state index is 5.86. The van der Waals surface area contributed by atoms with Crippen molar-refractivity contribution in [3.05, 3.63) is 29.3 Å². The molecule has 0 spiro atoms. The molecule has 0 fully saturated rings. The van der Waals surface area contributed by atoms with Crippen LogP contribution in [-0.4, -0.2) is 32.2 Å². The van der Waals surface area contributed by atoms with Crippen molar-refractivity contribution < 1.29 is 4.74 Å². The Bertz CT molecular complexity index is 421. The Morgan fingerprint density at radius 3 is 2.45 bits per heavy atom. The van der Waals surface area contributed by atoms with E-state index in [-0.39, 0.29) is 0 Å². The zero-order valence-corrected chi connectivity index (χ0v) is 13.3. The highest BCUT2D eigenvalue weighted by molar-refractivity contribution is 5.79. The summed E-state index contributed by atoms with van der Waals surface area (Å²) < 4.78 is 5.86. The van der Waals surface area contributed by atoms with E-state index in [1.54, 1.807) is 7.05 Å². The molecule has 1 aromatic rings. The van der Waals surface area contributed by atoms with Crippen molar-refractivity contribution in [1.82, 2.24) is 10.6 Å². The summed E-state index contributed by atoms with van der Waals surface area (Å²) in [6.45, 7) is 9.90. The number of hydrogen-bond acceptors (Lipinski definition) is 2. The predicted octanol–water partition coefficient (Wildman–Crippen LogP) is 2.65. The van der Waals surface area contributed by atoms with Gasteiger partial charge in [-0.1, -0.05) is 18.2 Å². The van der Waals surface area contributed by atoms with E-state index in [0.717, 1.165) is 24.7 Å². The summed E-state index contributed by atoms with van der Waals surface area (Å²) in [5, 5.41) is 6.53. The van der Waals surface area contributed by atoms with E-state index in [0.29, 0.717) is 12.6 Å². The van der Waals surface area contributed by atoms with Crippen LogP contribution in [0.25, 0.3) is 0 Å². The molecule has 0 radical (unpaired) electrons. The van der Waals surface area contributed by atoms with E-state index >= 15 is 0 Å². The third-order valence-corrected chi connectivity index (χ3v) is 2.92. The van der Waals surface area contributed by atoms with Gasteiger partial charge in [0.1, 0.15) is 5.75 Å². The van der Waals surface area contributed by atoms with Gasteiger partial charge in [-0.15, -0.1) is 0 Å². The van der Waals surface area contributed by atoms with Crippen molar-refractivity contribution in [1.29, 1.82) is 0 Å². The molecule has 2 N–H and O–H groups in total. The van der Waals surface area contributed by atoms with Crippen molar-refractivity contribution in [3.8, 4) is 5.75 Å². The third-order valence-electron chi connectivity index (χ3n) is 2.92. The lowest BCUT2D eigenvalue weighted by Gasteiger charge is -2.15. The monoisotopic (exact) mass is 277 g/mol. The molecule has 0 saturated heterocycles. The molecule has 0 aromatic heterocycles. The highest BCUT2D eigenvalue weighted by Gasteiger charge is 2.03. The van der Waals surface area contributed by atoms with E-state index in [4.69, 9.17) is 4.74 Å². The number of aryl methyl sites for hydroxylation is 2. The molecule has 0 amide bonds. The highest BCUT2D eigenvalue weighted by Crippen LogP contribution is 2.22. The molecule has 0 heterocycles. The normalized spacial score (nSPS) is 11.6. The van der Waals surface area contributed by atoms with E-state index in [2.05, 4.69) is 61.5 Å². The van der Waals surface area contributed by atoms with E-state index < -0.39 is 0 Å². The van der Waals surface area contributed by atoms with Gasteiger partial charge in [0.2, 0.25) is 0 Å². The minimum absolute atomic E-state index is 0.382. The van der Waals surface area contributed by atoms with Crippen molar-refractivity contribution in [2.24, 2.45) is 4.99 Å². The number of nitrogens with one attached hydrogen (secondary N) is 2. The van der Waals surface area contributed by atoms with Gasteiger partial charge < -0.3 is 15.4 Å². The first-order valence-corrected chi connectivity index (χ1v) is 7.20. The fourth-order valence-corrected chi connectivity index (χ4v) is 1.95. The molecule has 0 aliphatic rings. The molecule has 0 aliphatic heterocycles. The van der Waals surface area contributed by atoms with Gasteiger partial charge in [-0.2, -0.15) is 0 Å². The lowest BCUT2D eigenvalue weighted by Crippen LogP contribution is -2.41. The number of guanidine groups is 1. The molecule has 0 bridgehead atoms. The Morgan fingerprint density at radius 2 is 1.90 bits per heavy atom. The van der Waals surface area contributed by atoms with E-state index in [1.165, 1.54) is 11.1 Å². The van der Waals surface area contributed by atoms with Crippen LogP contribution in [0.3, 0.4) is 0 Å². The Labute approximate surface area is 122 Å². The maximum atomic E-state index is 5.86. The van der Waals surface area contributed by atoms with Gasteiger partial charge in [-0.25, -0.2) is 0 Å². The topological polar surface area (TPSA) is 45.7 Å². The minimum Gasteiger partial charge on any atom is -0.493 e. The van der Waals surface area contributed by atoms with Gasteiger partial charge in [0.25, 0.3) is 0 Å². The summed E-state index contributed by atoms with van der Waals surface area (Å²) in [6, 6.07) is 6.59. The van der Waals surface area contributed by atoms with Crippen LogP contribution in [0.5, 0.6) is 5.75 Å². The molecular formula is C16H27N3O. The van der Waals surface area contributed by atoms with Gasteiger partial charge in [0.05, 0.1) is 6.61 Å². The SMILES string of the molecule is CN=C(NCCCOc1c(C)cccc1C)NC(C)C. The van der Waals surface area contributed by atoms with Crippen molar-refractivity contribution in [2.45, 2.75) is 40.2 Å². The fourth-order valence-electron chi connectivity index (χ4n) is 1.95. The second kappa shape index (κ2) is 8.46. The number of aliphatic imine (C=N–C) groups is 1. The van der Waals surface area contributed by atoms with Crippen molar-refractivity contribution in [3.63, 3.8) is 0 Å². The van der Waals surface area contributed by atoms with E-state index in [1.807, 2.05) is 0 Å². The van der Waals surface area contributed by atoms with Crippen LogP contribution in [0, 0.1) is 13.8 Å². The Morgan fingerprint density at radius 1 is 1.25 bits per heavy atom.